The summed E-state index contributed by atoms with van der Waals surface area (Å²) in [5.41, 5.74) is 6.88. The van der Waals surface area contributed by atoms with Gasteiger partial charge in [0.25, 0.3) is 0 Å². The molecule has 1 saturated heterocycles. The maximum Gasteiger partial charge on any atom is 0.340 e. The molecule has 0 amide bonds. The number of methoxy groups -OCH3 is 1. The molecule has 1 atom stereocenters. The van der Waals surface area contributed by atoms with Crippen molar-refractivity contribution in [3.8, 4) is 0 Å². The third kappa shape index (κ3) is 3.26. The van der Waals surface area contributed by atoms with Gasteiger partial charge in [-0.05, 0) is 19.4 Å². The van der Waals surface area contributed by atoms with Gasteiger partial charge in [-0.2, -0.15) is 0 Å². The summed E-state index contributed by atoms with van der Waals surface area (Å²) in [6, 6.07) is 2.19. The Labute approximate surface area is 125 Å². The number of hydrogen-bond donors (Lipinski definition) is 1. The molecular weight excluding hydrogens is 268 g/mol. The first-order chi connectivity index (χ1) is 10.1. The lowest BCUT2D eigenvalue weighted by Gasteiger charge is -2.38. The number of nitrogens with two attached hydrogens (primary N) is 1. The summed E-state index contributed by atoms with van der Waals surface area (Å²) >= 11 is 0. The number of carbonyl (C=O) groups is 1. The van der Waals surface area contributed by atoms with Gasteiger partial charge < -0.3 is 15.4 Å². The van der Waals surface area contributed by atoms with Crippen LogP contribution in [0.15, 0.2) is 12.3 Å². The number of anilines is 2. The number of ether oxygens (including phenoxy) is 1. The predicted octanol–water partition coefficient (Wildman–Crippen LogP) is 1.37. The van der Waals surface area contributed by atoms with Crippen LogP contribution in [0.25, 0.3) is 0 Å². The summed E-state index contributed by atoms with van der Waals surface area (Å²) in [4.78, 5) is 20.6. The van der Waals surface area contributed by atoms with Crippen LogP contribution in [-0.2, 0) is 4.74 Å². The van der Waals surface area contributed by atoms with Crippen LogP contribution in [0.3, 0.4) is 0 Å². The number of pyridine rings is 1. The molecular formula is C15H24N4O2. The highest BCUT2D eigenvalue weighted by molar-refractivity contribution is 5.97. The maximum absolute atomic E-state index is 11.7. The van der Waals surface area contributed by atoms with E-state index in [1.165, 1.54) is 7.11 Å². The van der Waals surface area contributed by atoms with Gasteiger partial charge in [0, 0.05) is 38.4 Å². The van der Waals surface area contributed by atoms with E-state index >= 15 is 0 Å². The molecule has 116 valence electrons. The zero-order chi connectivity index (χ0) is 15.4. The van der Waals surface area contributed by atoms with E-state index in [9.17, 15) is 4.79 Å². The summed E-state index contributed by atoms with van der Waals surface area (Å²) in [6.07, 6.45) is 2.76. The van der Waals surface area contributed by atoms with E-state index in [2.05, 4.69) is 28.6 Å². The highest BCUT2D eigenvalue weighted by Crippen LogP contribution is 2.25. The fourth-order valence-electron chi connectivity index (χ4n) is 2.63. The van der Waals surface area contributed by atoms with Gasteiger partial charge in [-0.25, -0.2) is 9.78 Å². The molecule has 2 rings (SSSR count). The topological polar surface area (TPSA) is 71.7 Å². The van der Waals surface area contributed by atoms with Gasteiger partial charge in [0.05, 0.1) is 18.4 Å². The van der Waals surface area contributed by atoms with Gasteiger partial charge in [-0.3, -0.25) is 4.90 Å². The largest absolute Gasteiger partial charge is 0.465 e. The first-order valence-electron chi connectivity index (χ1n) is 7.40. The van der Waals surface area contributed by atoms with Gasteiger partial charge >= 0.3 is 5.97 Å². The third-order valence-electron chi connectivity index (χ3n) is 4.20. The van der Waals surface area contributed by atoms with Crippen LogP contribution < -0.4 is 10.6 Å². The fraction of sp³-hybridized carbons (Fsp3) is 0.600. The average Bonchev–Trinajstić information content (AvgIpc) is 2.54. The van der Waals surface area contributed by atoms with Crippen molar-refractivity contribution in [3.63, 3.8) is 0 Å². The van der Waals surface area contributed by atoms with E-state index < -0.39 is 5.97 Å². The summed E-state index contributed by atoms with van der Waals surface area (Å²) in [5.74, 6) is 0.260. The monoisotopic (exact) mass is 292 g/mol. The summed E-state index contributed by atoms with van der Waals surface area (Å²) in [7, 11) is 1.35. The quantitative estimate of drug-likeness (QED) is 0.845. The standard InChI is InChI=1S/C15H24N4O2/c1-4-11(2)18-7-9-19(10-8-18)14-13(16)12(5-6-17-14)15(20)21-3/h5-6,11H,4,7-10,16H2,1-3H3. The molecule has 6 heteroatoms. The Morgan fingerprint density at radius 3 is 2.67 bits per heavy atom. The first kappa shape index (κ1) is 15.6. The number of carbonyl (C=O) groups excluding carboxylic acids is 1. The second kappa shape index (κ2) is 6.76. The molecule has 2 N–H and O–H groups in total. The fourth-order valence-corrected chi connectivity index (χ4v) is 2.63. The van der Waals surface area contributed by atoms with Crippen LogP contribution in [0.1, 0.15) is 30.6 Å². The van der Waals surface area contributed by atoms with Crippen molar-refractivity contribution < 1.29 is 9.53 Å². The summed E-state index contributed by atoms with van der Waals surface area (Å²) in [5, 5.41) is 0. The van der Waals surface area contributed by atoms with E-state index in [0.29, 0.717) is 23.1 Å². The Kier molecular flexibility index (Phi) is 5.01. The number of piperazine rings is 1. The van der Waals surface area contributed by atoms with Crippen LogP contribution in [0.2, 0.25) is 0 Å². The summed E-state index contributed by atoms with van der Waals surface area (Å²) in [6.45, 7) is 8.16. The number of nitrogen functional groups attached to an aromatic ring is 1. The Morgan fingerprint density at radius 2 is 2.10 bits per heavy atom. The molecule has 0 saturated carbocycles. The first-order valence-corrected chi connectivity index (χ1v) is 7.40. The molecule has 1 aromatic heterocycles. The smallest absolute Gasteiger partial charge is 0.340 e. The van der Waals surface area contributed by atoms with Crippen molar-refractivity contribution in [2.24, 2.45) is 0 Å². The lowest BCUT2D eigenvalue weighted by molar-refractivity contribution is 0.0602. The third-order valence-corrected chi connectivity index (χ3v) is 4.20. The molecule has 0 spiro atoms. The number of rotatable bonds is 4. The predicted molar refractivity (Wildman–Crippen MR) is 83.5 cm³/mol. The normalized spacial score (nSPS) is 17.6. The average molecular weight is 292 g/mol. The molecule has 0 aromatic carbocycles. The minimum absolute atomic E-state index is 0.381. The molecule has 1 aliphatic rings. The minimum atomic E-state index is -0.422. The molecule has 1 fully saturated rings. The molecule has 1 aliphatic heterocycles. The zero-order valence-electron chi connectivity index (χ0n) is 13.0. The van der Waals surface area contributed by atoms with Gasteiger partial charge in [-0.1, -0.05) is 6.92 Å². The molecule has 21 heavy (non-hydrogen) atoms. The Balaban J connectivity index is 2.12. The maximum atomic E-state index is 11.7. The van der Waals surface area contributed by atoms with Gasteiger partial charge in [0.2, 0.25) is 0 Å². The molecule has 1 aromatic rings. The second-order valence-corrected chi connectivity index (χ2v) is 5.37. The Hall–Kier alpha value is -1.82. The Morgan fingerprint density at radius 1 is 1.43 bits per heavy atom. The summed E-state index contributed by atoms with van der Waals surface area (Å²) < 4.78 is 4.75. The number of nitrogens with zero attached hydrogens (tertiary/aromatic N) is 3. The van der Waals surface area contributed by atoms with Crippen molar-refractivity contribution in [1.82, 2.24) is 9.88 Å². The van der Waals surface area contributed by atoms with Gasteiger partial charge in [0.1, 0.15) is 0 Å². The minimum Gasteiger partial charge on any atom is -0.465 e. The second-order valence-electron chi connectivity index (χ2n) is 5.37. The van der Waals surface area contributed by atoms with Crippen molar-refractivity contribution >= 4 is 17.5 Å². The van der Waals surface area contributed by atoms with E-state index in [0.717, 1.165) is 32.6 Å². The van der Waals surface area contributed by atoms with Crippen LogP contribution in [-0.4, -0.2) is 55.2 Å². The van der Waals surface area contributed by atoms with Gasteiger partial charge in [-0.15, -0.1) is 0 Å². The van der Waals surface area contributed by atoms with Crippen LogP contribution in [0.5, 0.6) is 0 Å². The molecule has 0 bridgehead atoms. The molecule has 6 nitrogen and oxygen atoms in total. The van der Waals surface area contributed by atoms with E-state index in [1.807, 2.05) is 0 Å². The van der Waals surface area contributed by atoms with Crippen LogP contribution >= 0.6 is 0 Å². The molecule has 0 aliphatic carbocycles. The van der Waals surface area contributed by atoms with Gasteiger partial charge in [0.15, 0.2) is 5.82 Å². The van der Waals surface area contributed by atoms with Crippen molar-refractivity contribution in [1.29, 1.82) is 0 Å². The van der Waals surface area contributed by atoms with E-state index in [-0.39, 0.29) is 0 Å². The Bertz CT molecular complexity index is 498. The van der Waals surface area contributed by atoms with Crippen molar-refractivity contribution in [3.05, 3.63) is 17.8 Å². The van der Waals surface area contributed by atoms with Crippen LogP contribution in [0, 0.1) is 0 Å². The molecule has 1 unspecified atom stereocenters. The van der Waals surface area contributed by atoms with Crippen LogP contribution in [0.4, 0.5) is 11.5 Å². The molecule has 0 radical (unpaired) electrons. The zero-order valence-corrected chi connectivity index (χ0v) is 13.0. The molecule has 2 heterocycles. The SMILES string of the molecule is CCC(C)N1CCN(c2nccc(C(=O)OC)c2N)CC1. The van der Waals surface area contributed by atoms with E-state index in [4.69, 9.17) is 10.5 Å². The lowest BCUT2D eigenvalue weighted by atomic mass is 10.1. The van der Waals surface area contributed by atoms with Crippen molar-refractivity contribution in [2.75, 3.05) is 43.9 Å². The van der Waals surface area contributed by atoms with E-state index in [1.54, 1.807) is 12.3 Å². The number of hydrogen-bond acceptors (Lipinski definition) is 6. The lowest BCUT2D eigenvalue weighted by Crippen LogP contribution is -2.49. The van der Waals surface area contributed by atoms with Crippen molar-refractivity contribution in [2.45, 2.75) is 26.3 Å². The highest BCUT2D eigenvalue weighted by Gasteiger charge is 2.24. The highest BCUT2D eigenvalue weighted by atomic mass is 16.5. The number of esters is 1. The number of aromatic nitrogens is 1.